The third-order valence-corrected chi connectivity index (χ3v) is 9.61. The minimum atomic E-state index is -1.94. The first-order valence-electron chi connectivity index (χ1n) is 10.8. The van der Waals surface area contributed by atoms with Crippen molar-refractivity contribution in [3.05, 3.63) is 29.3 Å². The van der Waals surface area contributed by atoms with Gasteiger partial charge in [-0.1, -0.05) is 27.6 Å². The number of hydrogen-bond donors (Lipinski definition) is 2. The van der Waals surface area contributed by atoms with E-state index >= 15 is 0 Å². The summed E-state index contributed by atoms with van der Waals surface area (Å²) in [7, 11) is 2.72. The fraction of sp³-hybridized carbons (Fsp3) is 0.478. The number of halogens is 3. The number of rotatable bonds is 4. The van der Waals surface area contributed by atoms with Crippen molar-refractivity contribution in [2.75, 3.05) is 19.7 Å². The smallest absolute Gasteiger partial charge is 0.254 e. The molecule has 2 N–H and O–H groups in total. The zero-order chi connectivity index (χ0) is 25.4. The molecule has 12 heteroatoms. The van der Waals surface area contributed by atoms with E-state index in [1.165, 1.54) is 26.4 Å². The van der Waals surface area contributed by atoms with Gasteiger partial charge in [-0.05, 0) is 36.5 Å². The molecule has 1 aromatic carbocycles. The topological polar surface area (TPSA) is 122 Å². The van der Waals surface area contributed by atoms with E-state index in [0.29, 0.717) is 11.1 Å². The number of amides is 4. The first kappa shape index (κ1) is 24.4. The molecule has 0 spiro atoms. The van der Waals surface area contributed by atoms with Crippen LogP contribution in [0.5, 0.6) is 17.2 Å². The summed E-state index contributed by atoms with van der Waals surface area (Å²) in [5.74, 6) is -5.22. The first-order valence-corrected chi connectivity index (χ1v) is 12.7. The second-order valence-corrected chi connectivity index (χ2v) is 10.9. The predicted molar refractivity (Wildman–Crippen MR) is 128 cm³/mol. The number of ether oxygens (including phenoxy) is 2. The number of phenols is 1. The number of alkyl halides is 3. The molecule has 2 aliphatic heterocycles. The number of aromatic hydroxyl groups is 1. The molecule has 9 nitrogen and oxygen atoms in total. The molecule has 186 valence electrons. The van der Waals surface area contributed by atoms with E-state index in [9.17, 15) is 24.3 Å². The molecule has 0 bridgehead atoms. The van der Waals surface area contributed by atoms with Gasteiger partial charge < -0.3 is 14.6 Å². The molecule has 5 rings (SSSR count). The van der Waals surface area contributed by atoms with Crippen molar-refractivity contribution in [3.63, 3.8) is 0 Å². The van der Waals surface area contributed by atoms with Crippen LogP contribution in [0.3, 0.4) is 0 Å². The number of nitrogens with zero attached hydrogens (tertiary/aromatic N) is 1. The molecule has 1 saturated carbocycles. The molecule has 6 atom stereocenters. The van der Waals surface area contributed by atoms with E-state index in [-0.39, 0.29) is 41.5 Å². The second kappa shape index (κ2) is 8.11. The van der Waals surface area contributed by atoms with Crippen molar-refractivity contribution in [1.29, 1.82) is 0 Å². The number of carbonyl (C=O) groups excluding carboxylic acids is 4. The number of carbonyl (C=O) groups is 4. The molecule has 0 aromatic heterocycles. The molecule has 3 fully saturated rings. The first-order chi connectivity index (χ1) is 16.5. The van der Waals surface area contributed by atoms with Crippen LogP contribution in [0.25, 0.3) is 0 Å². The summed E-state index contributed by atoms with van der Waals surface area (Å²) in [6.45, 7) is 0. The summed E-state index contributed by atoms with van der Waals surface area (Å²) in [5, 5.41) is 12.8. The maximum Gasteiger partial charge on any atom is 0.254 e. The normalized spacial score (nSPS) is 35.8. The minimum Gasteiger partial charge on any atom is -0.502 e. The maximum absolute atomic E-state index is 13.7. The Morgan fingerprint density at radius 3 is 2.29 bits per heavy atom. The molecule has 35 heavy (non-hydrogen) atoms. The highest BCUT2D eigenvalue weighted by atomic mass is 79.9. The minimum absolute atomic E-state index is 0.0686. The number of fused-ring (bicyclic) bond motifs is 4. The van der Waals surface area contributed by atoms with Crippen LogP contribution in [0.1, 0.15) is 24.3 Å². The standard InChI is InChI=1S/C23H21BrCl2N2O7/c1-34-13-5-9(6-14(35-2)17(13)29)16-10-3-4-11-15(19(31)27-18(11)30)12(10)7-22(25)20(32)28(8-24)21(33)23(16,22)26/h3,5-6,11-12,15-16,29H,4,7-8H2,1-2H3,(H,27,30,31). The van der Waals surface area contributed by atoms with Gasteiger partial charge in [-0.2, -0.15) is 0 Å². The van der Waals surface area contributed by atoms with E-state index in [1.54, 1.807) is 0 Å². The highest BCUT2D eigenvalue weighted by molar-refractivity contribution is 9.09. The van der Waals surface area contributed by atoms with Gasteiger partial charge in [0.05, 0.1) is 31.5 Å². The Balaban J connectivity index is 1.79. The van der Waals surface area contributed by atoms with Crippen LogP contribution in [-0.4, -0.2) is 63.1 Å². The Kier molecular flexibility index (Phi) is 5.65. The van der Waals surface area contributed by atoms with Crippen molar-refractivity contribution in [3.8, 4) is 17.2 Å². The summed E-state index contributed by atoms with van der Waals surface area (Å²) < 4.78 is 10.6. The number of methoxy groups -OCH3 is 2. The van der Waals surface area contributed by atoms with Gasteiger partial charge >= 0.3 is 0 Å². The summed E-state index contributed by atoms with van der Waals surface area (Å²) in [6.07, 6.45) is 1.99. The van der Waals surface area contributed by atoms with Crippen molar-refractivity contribution >= 4 is 62.8 Å². The molecule has 2 heterocycles. The monoisotopic (exact) mass is 586 g/mol. The van der Waals surface area contributed by atoms with Crippen LogP contribution in [0.2, 0.25) is 0 Å². The summed E-state index contributed by atoms with van der Waals surface area (Å²) in [5.41, 5.74) is 0.931. The van der Waals surface area contributed by atoms with Gasteiger partial charge in [0, 0.05) is 5.92 Å². The van der Waals surface area contributed by atoms with Crippen LogP contribution in [0.15, 0.2) is 23.8 Å². The van der Waals surface area contributed by atoms with Crippen LogP contribution in [0.4, 0.5) is 0 Å². The van der Waals surface area contributed by atoms with Gasteiger partial charge in [0.2, 0.25) is 17.6 Å². The van der Waals surface area contributed by atoms with E-state index < -0.39 is 51.1 Å². The summed E-state index contributed by atoms with van der Waals surface area (Å²) >= 11 is 17.4. The fourth-order valence-corrected chi connectivity index (χ4v) is 7.54. The molecular formula is C23H21BrCl2N2O7. The zero-order valence-electron chi connectivity index (χ0n) is 18.6. The van der Waals surface area contributed by atoms with Crippen LogP contribution in [0, 0.1) is 17.8 Å². The lowest BCUT2D eigenvalue weighted by Crippen LogP contribution is -2.60. The molecule has 2 saturated heterocycles. The van der Waals surface area contributed by atoms with Crippen molar-refractivity contribution in [2.45, 2.75) is 28.5 Å². The number of benzene rings is 1. The molecule has 4 aliphatic rings. The third-order valence-electron chi connectivity index (χ3n) is 7.69. The Labute approximate surface area is 218 Å². The SMILES string of the molecule is COc1cc(C2C3=CCC4C(=O)NC(=O)C4C3CC3(Cl)C(=O)N(CBr)C(=O)C23Cl)cc(OC)c1O. The Morgan fingerprint density at radius 2 is 1.71 bits per heavy atom. The average molecular weight is 588 g/mol. The summed E-state index contributed by atoms with van der Waals surface area (Å²) in [4.78, 5) is 49.5. The van der Waals surface area contributed by atoms with E-state index in [0.717, 1.165) is 4.90 Å². The fourth-order valence-electron chi connectivity index (χ4n) is 6.12. The number of nitrogens with one attached hydrogen (secondary N) is 1. The van der Waals surface area contributed by atoms with Crippen LogP contribution in [-0.2, 0) is 19.2 Å². The van der Waals surface area contributed by atoms with Gasteiger partial charge in [-0.15, -0.1) is 23.2 Å². The van der Waals surface area contributed by atoms with Gasteiger partial charge in [0.1, 0.15) is 0 Å². The molecular weight excluding hydrogens is 567 g/mol. The van der Waals surface area contributed by atoms with Crippen LogP contribution < -0.4 is 14.8 Å². The molecule has 1 aromatic rings. The lowest BCUT2D eigenvalue weighted by atomic mass is 9.56. The predicted octanol–water partition coefficient (Wildman–Crippen LogP) is 2.41. The lowest BCUT2D eigenvalue weighted by molar-refractivity contribution is -0.138. The Morgan fingerprint density at radius 1 is 1.09 bits per heavy atom. The highest BCUT2D eigenvalue weighted by Crippen LogP contribution is 2.65. The number of allylic oxidation sites excluding steroid dienone is 2. The molecule has 4 amide bonds. The van der Waals surface area contributed by atoms with E-state index in [4.69, 9.17) is 32.7 Å². The summed E-state index contributed by atoms with van der Waals surface area (Å²) in [6, 6.07) is 3.02. The Hall–Kier alpha value is -2.30. The van der Waals surface area contributed by atoms with Crippen molar-refractivity contribution < 1.29 is 33.8 Å². The second-order valence-electron chi connectivity index (χ2n) is 9.11. The largest absolute Gasteiger partial charge is 0.502 e. The van der Waals surface area contributed by atoms with Crippen molar-refractivity contribution in [2.24, 2.45) is 17.8 Å². The number of hydrogen-bond acceptors (Lipinski definition) is 7. The van der Waals surface area contributed by atoms with Crippen LogP contribution >= 0.6 is 39.1 Å². The molecule has 0 radical (unpaired) electrons. The number of imide groups is 2. The number of phenolic OH excluding ortho intramolecular Hbond substituents is 1. The van der Waals surface area contributed by atoms with E-state index in [2.05, 4.69) is 21.2 Å². The lowest BCUT2D eigenvalue weighted by Gasteiger charge is -2.50. The third kappa shape index (κ3) is 2.99. The van der Waals surface area contributed by atoms with Gasteiger partial charge in [0.25, 0.3) is 11.8 Å². The van der Waals surface area contributed by atoms with Crippen molar-refractivity contribution in [1.82, 2.24) is 10.2 Å². The maximum atomic E-state index is 13.7. The van der Waals surface area contributed by atoms with Gasteiger partial charge in [-0.25, -0.2) is 0 Å². The van der Waals surface area contributed by atoms with Gasteiger partial charge in [-0.3, -0.25) is 29.4 Å². The average Bonchev–Trinajstić information content (AvgIpc) is 3.20. The van der Waals surface area contributed by atoms with Gasteiger partial charge in [0.15, 0.2) is 21.2 Å². The number of likely N-dealkylation sites (tertiary alicyclic amines) is 1. The highest BCUT2D eigenvalue weighted by Gasteiger charge is 2.76. The Bertz CT molecular complexity index is 1200. The molecule has 2 aliphatic carbocycles. The zero-order valence-corrected chi connectivity index (χ0v) is 21.7. The molecule has 6 unspecified atom stereocenters. The quantitative estimate of drug-likeness (QED) is 0.240. The van der Waals surface area contributed by atoms with E-state index in [1.807, 2.05) is 6.08 Å².